The lowest BCUT2D eigenvalue weighted by Crippen LogP contribution is -2.34. The molecule has 1 atom stereocenters. The van der Waals surface area contributed by atoms with Gasteiger partial charge in [0.15, 0.2) is 5.84 Å². The van der Waals surface area contributed by atoms with Crippen molar-refractivity contribution < 1.29 is 0 Å². The second kappa shape index (κ2) is 13.6. The van der Waals surface area contributed by atoms with Gasteiger partial charge in [-0.15, -0.1) is 0 Å². The van der Waals surface area contributed by atoms with Crippen molar-refractivity contribution in [2.75, 3.05) is 0 Å². The molecular formula is C53H36N4. The van der Waals surface area contributed by atoms with Gasteiger partial charge in [0, 0.05) is 33.2 Å². The molecule has 1 aliphatic rings. The summed E-state index contributed by atoms with van der Waals surface area (Å²) in [6, 6.07) is 73.5. The van der Waals surface area contributed by atoms with Crippen molar-refractivity contribution in [2.24, 2.45) is 9.98 Å². The van der Waals surface area contributed by atoms with E-state index in [-0.39, 0.29) is 6.17 Å². The number of aromatic nitrogens is 1. The summed E-state index contributed by atoms with van der Waals surface area (Å²) in [7, 11) is 0. The molecule has 57 heavy (non-hydrogen) atoms. The number of hydrogen-bond acceptors (Lipinski definition) is 3. The van der Waals surface area contributed by atoms with Crippen molar-refractivity contribution in [3.05, 3.63) is 223 Å². The number of aliphatic imine (C=N–C) groups is 2. The number of amidine groups is 2. The van der Waals surface area contributed by atoms with Crippen LogP contribution in [0.2, 0.25) is 0 Å². The number of fused-ring (bicyclic) bond motifs is 5. The van der Waals surface area contributed by atoms with Gasteiger partial charge in [-0.25, -0.2) is 9.98 Å². The van der Waals surface area contributed by atoms with Crippen LogP contribution in [0.3, 0.4) is 0 Å². The molecule has 1 aliphatic heterocycles. The van der Waals surface area contributed by atoms with E-state index in [1.54, 1.807) is 0 Å². The van der Waals surface area contributed by atoms with E-state index in [1.165, 1.54) is 49.1 Å². The summed E-state index contributed by atoms with van der Waals surface area (Å²) >= 11 is 0. The molecule has 0 amide bonds. The molecule has 4 nitrogen and oxygen atoms in total. The Balaban J connectivity index is 0.976. The molecule has 4 heteroatoms. The molecule has 1 aromatic heterocycles. The Bertz CT molecular complexity index is 3140. The Labute approximate surface area is 330 Å². The molecule has 0 saturated carbocycles. The van der Waals surface area contributed by atoms with Gasteiger partial charge in [0.25, 0.3) is 0 Å². The highest BCUT2D eigenvalue weighted by molar-refractivity contribution is 6.14. The van der Waals surface area contributed by atoms with Crippen molar-refractivity contribution in [1.82, 2.24) is 9.88 Å². The lowest BCUT2D eigenvalue weighted by Gasteiger charge is -2.26. The second-order valence-electron chi connectivity index (χ2n) is 14.6. The Morgan fingerprint density at radius 3 is 1.65 bits per heavy atom. The fourth-order valence-electron chi connectivity index (χ4n) is 8.50. The van der Waals surface area contributed by atoms with Crippen LogP contribution in [0.15, 0.2) is 216 Å². The molecule has 0 aliphatic carbocycles. The van der Waals surface area contributed by atoms with Crippen molar-refractivity contribution in [3.8, 4) is 27.9 Å². The lowest BCUT2D eigenvalue weighted by atomic mass is 9.92. The van der Waals surface area contributed by atoms with Crippen molar-refractivity contribution >= 4 is 55.0 Å². The minimum Gasteiger partial charge on any atom is -0.344 e. The third-order valence-corrected chi connectivity index (χ3v) is 11.3. The van der Waals surface area contributed by atoms with E-state index in [0.29, 0.717) is 5.84 Å². The second-order valence-corrected chi connectivity index (χ2v) is 14.6. The van der Waals surface area contributed by atoms with Crippen LogP contribution in [-0.4, -0.2) is 16.2 Å². The summed E-state index contributed by atoms with van der Waals surface area (Å²) < 4.78 is 2.36. The zero-order valence-corrected chi connectivity index (χ0v) is 31.0. The number of para-hydroxylation sites is 2. The van der Waals surface area contributed by atoms with E-state index < -0.39 is 0 Å². The molecule has 1 N–H and O–H groups in total. The summed E-state index contributed by atoms with van der Waals surface area (Å²) in [6.07, 6.45) is -0.363. The normalized spacial score (nSPS) is 14.1. The Morgan fingerprint density at radius 1 is 0.404 bits per heavy atom. The van der Waals surface area contributed by atoms with Crippen molar-refractivity contribution in [1.29, 1.82) is 0 Å². The summed E-state index contributed by atoms with van der Waals surface area (Å²) in [6.45, 7) is 0. The standard InChI is InChI=1S/C53H36N4/c1-3-13-36(14-4-1)45-32-29-37-15-7-8-18-44(37)50(45)53-55-51(38-16-5-2-6-17-38)54-52(56-53)42-26-25-40-33-39(23-24-41(40)34-42)35-27-30-43(31-28-35)57-48-21-11-9-19-46(48)47-20-10-12-22-49(47)57/h1-34,53H,(H,54,55,56). The maximum Gasteiger partial charge on any atom is 0.159 e. The molecule has 0 radical (unpaired) electrons. The molecular weight excluding hydrogens is 693 g/mol. The topological polar surface area (TPSA) is 41.7 Å². The van der Waals surface area contributed by atoms with Crippen LogP contribution in [-0.2, 0) is 0 Å². The minimum absolute atomic E-state index is 0.363. The predicted octanol–water partition coefficient (Wildman–Crippen LogP) is 12.9. The first-order valence-electron chi connectivity index (χ1n) is 19.4. The highest BCUT2D eigenvalue weighted by Crippen LogP contribution is 2.38. The third-order valence-electron chi connectivity index (χ3n) is 11.3. The lowest BCUT2D eigenvalue weighted by molar-refractivity contribution is 0.681. The van der Waals surface area contributed by atoms with Crippen LogP contribution >= 0.6 is 0 Å². The average molecular weight is 729 g/mol. The zero-order chi connectivity index (χ0) is 37.7. The van der Waals surface area contributed by atoms with Crippen LogP contribution in [0.4, 0.5) is 0 Å². The van der Waals surface area contributed by atoms with Crippen molar-refractivity contribution in [3.63, 3.8) is 0 Å². The third kappa shape index (κ3) is 5.78. The molecule has 268 valence electrons. The average Bonchev–Trinajstić information content (AvgIpc) is 3.63. The van der Waals surface area contributed by atoms with Gasteiger partial charge in [0.05, 0.1) is 11.0 Å². The monoisotopic (exact) mass is 728 g/mol. The van der Waals surface area contributed by atoms with E-state index in [0.717, 1.165) is 44.7 Å². The summed E-state index contributed by atoms with van der Waals surface area (Å²) in [5, 5.41) is 10.9. The maximum atomic E-state index is 5.39. The van der Waals surface area contributed by atoms with Gasteiger partial charge in [-0.3, -0.25) is 0 Å². The molecule has 1 unspecified atom stereocenters. The summed E-state index contributed by atoms with van der Waals surface area (Å²) in [4.78, 5) is 10.6. The molecule has 0 bridgehead atoms. The molecule has 11 rings (SSSR count). The molecule has 0 spiro atoms. The first kappa shape index (κ1) is 32.8. The van der Waals surface area contributed by atoms with Crippen LogP contribution in [0.5, 0.6) is 0 Å². The fraction of sp³-hybridized carbons (Fsp3) is 0.0189. The van der Waals surface area contributed by atoms with E-state index in [1.807, 2.05) is 6.07 Å². The SMILES string of the molecule is c1ccc(C2=NC(c3ccc4cc(-c5ccc(-n6c7ccccc7c7ccccc76)cc5)ccc4c3)=NC(c3c(-c4ccccc4)ccc4ccccc34)N2)cc1. The molecule has 10 aromatic rings. The molecule has 0 saturated heterocycles. The first-order valence-corrected chi connectivity index (χ1v) is 19.4. The highest BCUT2D eigenvalue weighted by Gasteiger charge is 2.25. The van der Waals surface area contributed by atoms with Gasteiger partial charge in [-0.1, -0.05) is 170 Å². The van der Waals surface area contributed by atoms with Crippen LogP contribution in [0.1, 0.15) is 22.9 Å². The van der Waals surface area contributed by atoms with Crippen LogP contribution < -0.4 is 5.32 Å². The van der Waals surface area contributed by atoms with Gasteiger partial charge in [0.2, 0.25) is 0 Å². The zero-order valence-electron chi connectivity index (χ0n) is 31.0. The van der Waals surface area contributed by atoms with Crippen molar-refractivity contribution in [2.45, 2.75) is 6.17 Å². The molecule has 0 fully saturated rings. The smallest absolute Gasteiger partial charge is 0.159 e. The molecule has 9 aromatic carbocycles. The van der Waals surface area contributed by atoms with Gasteiger partial charge in [-0.2, -0.15) is 0 Å². The minimum atomic E-state index is -0.363. The number of benzene rings is 9. The van der Waals surface area contributed by atoms with Crippen LogP contribution in [0.25, 0.3) is 71.3 Å². The molecule has 2 heterocycles. The number of hydrogen-bond donors (Lipinski definition) is 1. The van der Waals surface area contributed by atoms with Gasteiger partial charge >= 0.3 is 0 Å². The summed E-state index contributed by atoms with van der Waals surface area (Å²) in [5.74, 6) is 1.51. The Morgan fingerprint density at radius 2 is 0.947 bits per heavy atom. The maximum absolute atomic E-state index is 5.39. The predicted molar refractivity (Wildman–Crippen MR) is 238 cm³/mol. The van der Waals surface area contributed by atoms with Gasteiger partial charge < -0.3 is 9.88 Å². The van der Waals surface area contributed by atoms with E-state index in [2.05, 4.69) is 210 Å². The Kier molecular flexibility index (Phi) is 7.85. The summed E-state index contributed by atoms with van der Waals surface area (Å²) in [5.41, 5.74) is 11.4. The Hall–Kier alpha value is -7.56. The van der Waals surface area contributed by atoms with E-state index in [9.17, 15) is 0 Å². The van der Waals surface area contributed by atoms with E-state index >= 15 is 0 Å². The number of rotatable bonds is 6. The fourth-order valence-corrected chi connectivity index (χ4v) is 8.50. The number of nitrogens with one attached hydrogen (secondary N) is 1. The van der Waals surface area contributed by atoms with Gasteiger partial charge in [-0.05, 0) is 80.2 Å². The van der Waals surface area contributed by atoms with Crippen LogP contribution in [0, 0.1) is 0 Å². The van der Waals surface area contributed by atoms with Gasteiger partial charge in [0.1, 0.15) is 12.0 Å². The highest BCUT2D eigenvalue weighted by atomic mass is 15.2. The largest absolute Gasteiger partial charge is 0.344 e. The quantitative estimate of drug-likeness (QED) is 0.182. The first-order chi connectivity index (χ1) is 28.2. The number of nitrogens with zero attached hydrogens (tertiary/aromatic N) is 3. The van der Waals surface area contributed by atoms with E-state index in [4.69, 9.17) is 9.98 Å².